The lowest BCUT2D eigenvalue weighted by molar-refractivity contribution is 0.501. The summed E-state index contributed by atoms with van der Waals surface area (Å²) < 4.78 is 37.2. The van der Waals surface area contributed by atoms with Gasteiger partial charge in [0.05, 0.1) is 0 Å². The molecule has 1 heterocycles. The fraction of sp³-hybridized carbons (Fsp3) is 0. The van der Waals surface area contributed by atoms with Gasteiger partial charge >= 0.3 is 6.98 Å². The van der Waals surface area contributed by atoms with Crippen LogP contribution in [0.2, 0.25) is 0 Å². The maximum Gasteiger partial charge on any atom is 0.509 e. The van der Waals surface area contributed by atoms with Crippen LogP contribution in [-0.4, -0.2) is 27.6 Å². The van der Waals surface area contributed by atoms with Gasteiger partial charge in [-0.05, 0) is 5.21 Å². The fourth-order valence-electron chi connectivity index (χ4n) is 1.17. The number of tetrazole rings is 1. The molecule has 1 N–H and O–H groups in total. The van der Waals surface area contributed by atoms with Crippen molar-refractivity contribution in [3.63, 3.8) is 0 Å². The summed E-state index contributed by atoms with van der Waals surface area (Å²) in [5, 5.41) is 12.7. The Bertz CT molecular complexity index is 454. The maximum atomic E-state index is 12.4. The van der Waals surface area contributed by atoms with Crippen molar-refractivity contribution in [2.75, 3.05) is 0 Å². The monoisotopic (exact) mass is 213 g/mol. The molecule has 0 atom stereocenters. The van der Waals surface area contributed by atoms with Crippen LogP contribution in [0.3, 0.4) is 0 Å². The molecule has 2 rings (SSSR count). The van der Waals surface area contributed by atoms with E-state index in [1.165, 1.54) is 12.1 Å². The highest BCUT2D eigenvalue weighted by Crippen LogP contribution is 2.15. The zero-order valence-electron chi connectivity index (χ0n) is 7.36. The summed E-state index contributed by atoms with van der Waals surface area (Å²) in [7, 11) is 0. The molecular formula is C7H5BF3N4-. The standard InChI is InChI=1S/C7H5BF3N4/c9-8(10,11)6-3-1-2-5(4-6)7-12-14-15-13-7/h1-4H,(H,12,13,14,15)/q-1. The predicted molar refractivity (Wildman–Crippen MR) is 48.3 cm³/mol. The molecule has 8 heteroatoms. The summed E-state index contributed by atoms with van der Waals surface area (Å²) in [5.41, 5.74) is -0.377. The van der Waals surface area contributed by atoms with Crippen LogP contribution in [0.1, 0.15) is 0 Å². The van der Waals surface area contributed by atoms with Crippen LogP contribution in [0.5, 0.6) is 0 Å². The van der Waals surface area contributed by atoms with Crippen LogP contribution in [0.15, 0.2) is 24.3 Å². The van der Waals surface area contributed by atoms with Gasteiger partial charge in [0.15, 0.2) is 0 Å². The van der Waals surface area contributed by atoms with E-state index in [-0.39, 0.29) is 5.82 Å². The van der Waals surface area contributed by atoms with Gasteiger partial charge in [0.1, 0.15) is 0 Å². The molecule has 1 aromatic carbocycles. The van der Waals surface area contributed by atoms with Crippen molar-refractivity contribution in [3.05, 3.63) is 24.3 Å². The Morgan fingerprint density at radius 2 is 2.00 bits per heavy atom. The van der Waals surface area contributed by atoms with Crippen molar-refractivity contribution >= 4 is 12.4 Å². The van der Waals surface area contributed by atoms with Crippen molar-refractivity contribution in [2.45, 2.75) is 0 Å². The minimum atomic E-state index is -4.99. The molecule has 0 aliphatic carbocycles. The minimum Gasteiger partial charge on any atom is -0.445 e. The Labute approximate surface area is 82.6 Å². The third-order valence-corrected chi connectivity index (χ3v) is 1.87. The van der Waals surface area contributed by atoms with Gasteiger partial charge in [0.25, 0.3) is 0 Å². The molecule has 1 aromatic heterocycles. The number of aromatic amines is 1. The molecule has 0 saturated heterocycles. The van der Waals surface area contributed by atoms with Crippen LogP contribution >= 0.6 is 0 Å². The SMILES string of the molecule is F[B-](F)(F)c1cccc(-c2nn[nH]n2)c1. The average molecular weight is 213 g/mol. The second-order valence-corrected chi connectivity index (χ2v) is 2.94. The second kappa shape index (κ2) is 3.37. The zero-order chi connectivity index (χ0) is 10.9. The van der Waals surface area contributed by atoms with Gasteiger partial charge in [0, 0.05) is 5.56 Å². The van der Waals surface area contributed by atoms with Crippen LogP contribution in [-0.2, 0) is 0 Å². The summed E-state index contributed by atoms with van der Waals surface area (Å²) in [5.74, 6) is 0.150. The van der Waals surface area contributed by atoms with E-state index in [2.05, 4.69) is 20.6 Å². The van der Waals surface area contributed by atoms with Crippen molar-refractivity contribution in [1.82, 2.24) is 20.6 Å². The summed E-state index contributed by atoms with van der Waals surface area (Å²) in [6, 6.07) is 4.83. The summed E-state index contributed by atoms with van der Waals surface area (Å²) >= 11 is 0. The molecule has 78 valence electrons. The van der Waals surface area contributed by atoms with E-state index in [4.69, 9.17) is 0 Å². The molecule has 4 nitrogen and oxygen atoms in total. The molecule has 0 fully saturated rings. The van der Waals surface area contributed by atoms with E-state index < -0.39 is 12.4 Å². The van der Waals surface area contributed by atoms with Crippen LogP contribution in [0.4, 0.5) is 12.9 Å². The van der Waals surface area contributed by atoms with Crippen LogP contribution < -0.4 is 5.46 Å². The van der Waals surface area contributed by atoms with Crippen LogP contribution in [0.25, 0.3) is 11.4 Å². The average Bonchev–Trinajstić information content (AvgIpc) is 2.69. The van der Waals surface area contributed by atoms with Gasteiger partial charge in [-0.2, -0.15) is 5.21 Å². The molecular weight excluding hydrogens is 208 g/mol. The van der Waals surface area contributed by atoms with Crippen molar-refractivity contribution < 1.29 is 12.9 Å². The Hall–Kier alpha value is -1.86. The Kier molecular flexibility index (Phi) is 2.18. The normalized spacial score (nSPS) is 11.7. The highest BCUT2D eigenvalue weighted by molar-refractivity contribution is 6.73. The fourth-order valence-corrected chi connectivity index (χ4v) is 1.17. The summed E-state index contributed by atoms with van der Waals surface area (Å²) in [6.45, 7) is -4.99. The third kappa shape index (κ3) is 1.98. The van der Waals surface area contributed by atoms with Gasteiger partial charge in [0.2, 0.25) is 5.82 Å². The highest BCUT2D eigenvalue weighted by Gasteiger charge is 2.25. The Balaban J connectivity index is 2.44. The third-order valence-electron chi connectivity index (χ3n) is 1.87. The lowest BCUT2D eigenvalue weighted by atomic mass is 9.79. The van der Waals surface area contributed by atoms with Gasteiger partial charge < -0.3 is 12.9 Å². The lowest BCUT2D eigenvalue weighted by Crippen LogP contribution is -2.33. The minimum absolute atomic E-state index is 0.150. The molecule has 15 heavy (non-hydrogen) atoms. The summed E-state index contributed by atoms with van der Waals surface area (Å²) in [4.78, 5) is 0. The molecule has 0 spiro atoms. The smallest absolute Gasteiger partial charge is 0.445 e. The first-order valence-electron chi connectivity index (χ1n) is 4.11. The molecule has 0 bridgehead atoms. The first kappa shape index (κ1) is 9.69. The van der Waals surface area contributed by atoms with Crippen molar-refractivity contribution in [1.29, 1.82) is 0 Å². The van der Waals surface area contributed by atoms with E-state index in [1.54, 1.807) is 0 Å². The van der Waals surface area contributed by atoms with E-state index in [0.29, 0.717) is 5.56 Å². The topological polar surface area (TPSA) is 54.5 Å². The maximum absolute atomic E-state index is 12.4. The molecule has 0 saturated carbocycles. The largest absolute Gasteiger partial charge is 0.509 e. The number of hydrogen-bond acceptors (Lipinski definition) is 3. The Morgan fingerprint density at radius 1 is 1.20 bits per heavy atom. The quantitative estimate of drug-likeness (QED) is 0.754. The number of nitrogens with zero attached hydrogens (tertiary/aromatic N) is 3. The first-order valence-corrected chi connectivity index (χ1v) is 4.11. The lowest BCUT2D eigenvalue weighted by Gasteiger charge is -2.14. The van der Waals surface area contributed by atoms with E-state index >= 15 is 0 Å². The summed E-state index contributed by atoms with van der Waals surface area (Å²) in [6.07, 6.45) is 0. The molecule has 0 radical (unpaired) electrons. The number of aromatic nitrogens is 4. The first-order chi connectivity index (χ1) is 7.07. The van der Waals surface area contributed by atoms with E-state index in [1.807, 2.05) is 0 Å². The predicted octanol–water partition coefficient (Wildman–Crippen LogP) is 0.921. The van der Waals surface area contributed by atoms with Crippen molar-refractivity contribution in [2.24, 2.45) is 0 Å². The number of H-pyrrole nitrogens is 1. The zero-order valence-corrected chi connectivity index (χ0v) is 7.36. The van der Waals surface area contributed by atoms with Gasteiger partial charge in [-0.25, -0.2) is 0 Å². The van der Waals surface area contributed by atoms with E-state index in [0.717, 1.165) is 12.1 Å². The number of nitrogens with one attached hydrogen (secondary N) is 1. The molecule has 0 unspecified atom stereocenters. The number of hydrogen-bond donors (Lipinski definition) is 1. The number of benzene rings is 1. The number of halogens is 3. The van der Waals surface area contributed by atoms with Crippen LogP contribution in [0, 0.1) is 0 Å². The molecule has 0 aliphatic rings. The molecule has 2 aromatic rings. The van der Waals surface area contributed by atoms with Gasteiger partial charge in [-0.3, -0.25) is 0 Å². The Morgan fingerprint density at radius 3 is 2.60 bits per heavy atom. The highest BCUT2D eigenvalue weighted by atomic mass is 19.4. The van der Waals surface area contributed by atoms with Gasteiger partial charge in [-0.1, -0.05) is 24.3 Å². The molecule has 0 amide bonds. The van der Waals surface area contributed by atoms with E-state index in [9.17, 15) is 12.9 Å². The molecule has 0 aliphatic heterocycles. The van der Waals surface area contributed by atoms with Gasteiger partial charge in [-0.15, -0.1) is 15.7 Å². The number of rotatable bonds is 2. The van der Waals surface area contributed by atoms with Crippen molar-refractivity contribution in [3.8, 4) is 11.4 Å². The second-order valence-electron chi connectivity index (χ2n) is 2.94.